The molecule has 0 heterocycles. The summed E-state index contributed by atoms with van der Waals surface area (Å²) in [5.41, 5.74) is 7.20. The maximum absolute atomic E-state index is 13.1. The highest BCUT2D eigenvalue weighted by molar-refractivity contribution is 5.93. The second kappa shape index (κ2) is 11.1. The average molecular weight is 388 g/mol. The van der Waals surface area contributed by atoms with Crippen LogP contribution in [0.15, 0.2) is 84.9 Å². The fourth-order valence-electron chi connectivity index (χ4n) is 3.37. The number of benzene rings is 3. The lowest BCUT2D eigenvalue weighted by molar-refractivity contribution is -0.118. The van der Waals surface area contributed by atoms with Crippen LogP contribution in [0, 0.1) is 0 Å². The number of hydrazine groups is 1. The summed E-state index contributed by atoms with van der Waals surface area (Å²) in [4.78, 5) is 15.0. The predicted octanol–water partition coefficient (Wildman–Crippen LogP) is 4.25. The number of hydrogen-bond acceptors (Lipinski definition) is 3. The highest BCUT2D eigenvalue weighted by atomic mass is 16.2. The standard InChI is InChI=1S/C25H29N3O/c26-27-19-18-22-14-16-24(17-15-22)28(20-23-10-5-2-6-11-23)25(29)13-7-12-21-8-3-1-4-9-21/h1-6,8-11,14-17,27H,7,12-13,18-20,26H2. The SMILES string of the molecule is NNCCc1ccc(N(Cc2ccccc2)C(=O)CCCc2ccccc2)cc1. The fourth-order valence-corrected chi connectivity index (χ4v) is 3.37. The molecule has 0 aliphatic heterocycles. The Morgan fingerprint density at radius 1 is 0.759 bits per heavy atom. The molecule has 3 aromatic carbocycles. The van der Waals surface area contributed by atoms with Gasteiger partial charge in [-0.25, -0.2) is 0 Å². The number of carbonyl (C=O) groups is 1. The van der Waals surface area contributed by atoms with E-state index >= 15 is 0 Å². The number of nitrogens with zero attached hydrogens (tertiary/aromatic N) is 1. The summed E-state index contributed by atoms with van der Waals surface area (Å²) in [6.45, 7) is 1.31. The van der Waals surface area contributed by atoms with Crippen LogP contribution in [0.5, 0.6) is 0 Å². The van der Waals surface area contributed by atoms with Crippen LogP contribution in [0.25, 0.3) is 0 Å². The highest BCUT2D eigenvalue weighted by Gasteiger charge is 2.16. The lowest BCUT2D eigenvalue weighted by atomic mass is 10.1. The maximum atomic E-state index is 13.1. The molecule has 3 rings (SSSR count). The summed E-state index contributed by atoms with van der Waals surface area (Å²) < 4.78 is 0. The number of nitrogens with one attached hydrogen (secondary N) is 1. The topological polar surface area (TPSA) is 58.4 Å². The molecule has 0 aliphatic rings. The molecule has 1 amide bonds. The Balaban J connectivity index is 1.69. The minimum atomic E-state index is 0.154. The van der Waals surface area contributed by atoms with Gasteiger partial charge in [0.25, 0.3) is 0 Å². The second-order valence-corrected chi connectivity index (χ2v) is 7.18. The minimum absolute atomic E-state index is 0.154. The lowest BCUT2D eigenvalue weighted by Crippen LogP contribution is -2.30. The van der Waals surface area contributed by atoms with Gasteiger partial charge in [0.05, 0.1) is 6.54 Å². The van der Waals surface area contributed by atoms with Gasteiger partial charge in [-0.1, -0.05) is 72.8 Å². The number of rotatable bonds is 10. The van der Waals surface area contributed by atoms with Crippen molar-refractivity contribution >= 4 is 11.6 Å². The zero-order chi connectivity index (χ0) is 20.3. The summed E-state index contributed by atoms with van der Waals surface area (Å²) in [5.74, 6) is 5.52. The molecule has 29 heavy (non-hydrogen) atoms. The number of anilines is 1. The van der Waals surface area contributed by atoms with E-state index in [4.69, 9.17) is 5.84 Å². The van der Waals surface area contributed by atoms with E-state index < -0.39 is 0 Å². The molecule has 0 aromatic heterocycles. The zero-order valence-electron chi connectivity index (χ0n) is 16.8. The average Bonchev–Trinajstić information content (AvgIpc) is 2.78. The first-order valence-corrected chi connectivity index (χ1v) is 10.2. The quantitative estimate of drug-likeness (QED) is 0.404. The van der Waals surface area contributed by atoms with Gasteiger partial charge in [-0.2, -0.15) is 0 Å². The molecule has 0 bridgehead atoms. The van der Waals surface area contributed by atoms with Crippen molar-refractivity contribution in [2.45, 2.75) is 32.2 Å². The van der Waals surface area contributed by atoms with Gasteiger partial charge >= 0.3 is 0 Å². The van der Waals surface area contributed by atoms with Crippen LogP contribution in [0.1, 0.15) is 29.5 Å². The molecule has 0 fully saturated rings. The van der Waals surface area contributed by atoms with E-state index in [2.05, 4.69) is 41.8 Å². The predicted molar refractivity (Wildman–Crippen MR) is 119 cm³/mol. The first kappa shape index (κ1) is 20.8. The Bertz CT molecular complexity index is 864. The summed E-state index contributed by atoms with van der Waals surface area (Å²) in [5, 5.41) is 0. The summed E-state index contributed by atoms with van der Waals surface area (Å²) >= 11 is 0. The Morgan fingerprint density at radius 3 is 1.97 bits per heavy atom. The van der Waals surface area contributed by atoms with E-state index in [1.807, 2.05) is 53.4 Å². The molecule has 4 nitrogen and oxygen atoms in total. The highest BCUT2D eigenvalue weighted by Crippen LogP contribution is 2.20. The minimum Gasteiger partial charge on any atom is -0.308 e. The largest absolute Gasteiger partial charge is 0.308 e. The van der Waals surface area contributed by atoms with Crippen molar-refractivity contribution in [3.63, 3.8) is 0 Å². The number of carbonyl (C=O) groups excluding carboxylic acids is 1. The van der Waals surface area contributed by atoms with Gasteiger partial charge < -0.3 is 4.90 Å². The molecule has 0 saturated heterocycles. The Hall–Kier alpha value is -2.95. The summed E-state index contributed by atoms with van der Waals surface area (Å²) in [6.07, 6.45) is 3.15. The fraction of sp³-hybridized carbons (Fsp3) is 0.240. The van der Waals surface area contributed by atoms with E-state index in [-0.39, 0.29) is 5.91 Å². The molecular formula is C25H29N3O. The van der Waals surface area contributed by atoms with E-state index in [0.717, 1.165) is 37.1 Å². The molecule has 3 N–H and O–H groups in total. The van der Waals surface area contributed by atoms with Crippen LogP contribution in [-0.4, -0.2) is 12.5 Å². The molecule has 0 aliphatic carbocycles. The van der Waals surface area contributed by atoms with E-state index in [1.54, 1.807) is 0 Å². The normalized spacial score (nSPS) is 10.7. The molecule has 0 atom stereocenters. The number of amides is 1. The molecule has 0 spiro atoms. The zero-order valence-corrected chi connectivity index (χ0v) is 16.8. The Labute approximate surface area is 173 Å². The molecular weight excluding hydrogens is 358 g/mol. The lowest BCUT2D eigenvalue weighted by Gasteiger charge is -2.23. The second-order valence-electron chi connectivity index (χ2n) is 7.18. The first-order chi connectivity index (χ1) is 14.3. The van der Waals surface area contributed by atoms with Crippen LogP contribution in [0.4, 0.5) is 5.69 Å². The van der Waals surface area contributed by atoms with Gasteiger partial charge in [-0.3, -0.25) is 16.1 Å². The van der Waals surface area contributed by atoms with E-state index in [1.165, 1.54) is 11.1 Å². The van der Waals surface area contributed by atoms with Gasteiger partial charge in [-0.15, -0.1) is 0 Å². The van der Waals surface area contributed by atoms with Crippen molar-refractivity contribution in [3.05, 3.63) is 102 Å². The van der Waals surface area contributed by atoms with Gasteiger partial charge in [0.2, 0.25) is 5.91 Å². The molecule has 0 radical (unpaired) electrons. The van der Waals surface area contributed by atoms with Crippen LogP contribution < -0.4 is 16.2 Å². The van der Waals surface area contributed by atoms with Crippen molar-refractivity contribution < 1.29 is 4.79 Å². The first-order valence-electron chi connectivity index (χ1n) is 10.2. The number of nitrogens with two attached hydrogens (primary N) is 1. The van der Waals surface area contributed by atoms with Crippen LogP contribution in [-0.2, 0) is 24.2 Å². The molecule has 150 valence electrons. The van der Waals surface area contributed by atoms with Crippen molar-refractivity contribution in [1.29, 1.82) is 0 Å². The van der Waals surface area contributed by atoms with Crippen LogP contribution >= 0.6 is 0 Å². The third kappa shape index (κ3) is 6.56. The maximum Gasteiger partial charge on any atom is 0.227 e. The molecule has 4 heteroatoms. The molecule has 3 aromatic rings. The number of hydrogen-bond donors (Lipinski definition) is 2. The monoisotopic (exact) mass is 387 g/mol. The van der Waals surface area contributed by atoms with Gasteiger partial charge in [0.1, 0.15) is 0 Å². The summed E-state index contributed by atoms with van der Waals surface area (Å²) in [6, 6.07) is 28.7. The van der Waals surface area contributed by atoms with Gasteiger partial charge in [-0.05, 0) is 48.1 Å². The molecule has 0 unspecified atom stereocenters. The Morgan fingerprint density at radius 2 is 1.34 bits per heavy atom. The third-order valence-electron chi connectivity index (χ3n) is 4.99. The van der Waals surface area contributed by atoms with Crippen molar-refractivity contribution in [2.75, 3.05) is 11.4 Å². The van der Waals surface area contributed by atoms with Crippen LogP contribution in [0.3, 0.4) is 0 Å². The Kier molecular flexibility index (Phi) is 7.99. The smallest absolute Gasteiger partial charge is 0.227 e. The van der Waals surface area contributed by atoms with Crippen LogP contribution in [0.2, 0.25) is 0 Å². The van der Waals surface area contributed by atoms with Crippen molar-refractivity contribution in [1.82, 2.24) is 5.43 Å². The van der Waals surface area contributed by atoms with Crippen molar-refractivity contribution in [2.24, 2.45) is 5.84 Å². The van der Waals surface area contributed by atoms with E-state index in [9.17, 15) is 4.79 Å². The van der Waals surface area contributed by atoms with Gasteiger partial charge in [0, 0.05) is 18.7 Å². The van der Waals surface area contributed by atoms with Gasteiger partial charge in [0.15, 0.2) is 0 Å². The van der Waals surface area contributed by atoms with Crippen molar-refractivity contribution in [3.8, 4) is 0 Å². The number of aryl methyl sites for hydroxylation is 1. The third-order valence-corrected chi connectivity index (χ3v) is 4.99. The summed E-state index contributed by atoms with van der Waals surface area (Å²) in [7, 11) is 0. The molecule has 0 saturated carbocycles. The van der Waals surface area contributed by atoms with E-state index in [0.29, 0.717) is 13.0 Å².